The molecule has 2 N–H and O–H groups in total. The van der Waals surface area contributed by atoms with E-state index in [2.05, 4.69) is 20.4 Å². The molecule has 0 bridgehead atoms. The van der Waals surface area contributed by atoms with Crippen LogP contribution in [0.25, 0.3) is 0 Å². The van der Waals surface area contributed by atoms with Crippen molar-refractivity contribution in [1.29, 1.82) is 0 Å². The standard InChI is InChI=1S/C20H23ClF2N4O2.HI/c1-24-20(25-11-13-4-6-14(7-5-13)18(28)27(2)3)26-12-15-10-16(21)8-9-17(15)29-19(22)23;/h4-10,19H,11-12H2,1-3H3,(H2,24,25,26);1H. The molecule has 10 heteroatoms. The first-order valence-electron chi connectivity index (χ1n) is 8.78. The predicted octanol–water partition coefficient (Wildman–Crippen LogP) is 4.13. The van der Waals surface area contributed by atoms with Crippen LogP contribution in [-0.4, -0.2) is 44.5 Å². The molecular weight excluding hydrogens is 529 g/mol. The molecule has 2 aromatic rings. The summed E-state index contributed by atoms with van der Waals surface area (Å²) in [5, 5.41) is 6.58. The van der Waals surface area contributed by atoms with Gasteiger partial charge in [0.1, 0.15) is 5.75 Å². The van der Waals surface area contributed by atoms with Gasteiger partial charge >= 0.3 is 6.61 Å². The Morgan fingerprint density at radius 1 is 1.13 bits per heavy atom. The minimum Gasteiger partial charge on any atom is -0.434 e. The maximum Gasteiger partial charge on any atom is 0.387 e. The summed E-state index contributed by atoms with van der Waals surface area (Å²) >= 11 is 5.95. The summed E-state index contributed by atoms with van der Waals surface area (Å²) in [6, 6.07) is 11.7. The molecule has 0 saturated heterocycles. The molecule has 0 fully saturated rings. The van der Waals surface area contributed by atoms with Crippen LogP contribution in [0.3, 0.4) is 0 Å². The minimum atomic E-state index is -2.92. The number of halogens is 4. The second-order valence-electron chi connectivity index (χ2n) is 6.31. The highest BCUT2D eigenvalue weighted by Crippen LogP contribution is 2.24. The smallest absolute Gasteiger partial charge is 0.387 e. The lowest BCUT2D eigenvalue weighted by atomic mass is 10.1. The number of hydrogen-bond acceptors (Lipinski definition) is 3. The molecule has 6 nitrogen and oxygen atoms in total. The van der Waals surface area contributed by atoms with E-state index in [1.807, 2.05) is 12.1 Å². The zero-order chi connectivity index (χ0) is 21.4. The van der Waals surface area contributed by atoms with Crippen LogP contribution in [0.15, 0.2) is 47.5 Å². The van der Waals surface area contributed by atoms with Crippen molar-refractivity contribution in [2.45, 2.75) is 19.7 Å². The van der Waals surface area contributed by atoms with Gasteiger partial charge in [0.15, 0.2) is 5.96 Å². The predicted molar refractivity (Wildman–Crippen MR) is 125 cm³/mol. The number of benzene rings is 2. The van der Waals surface area contributed by atoms with Gasteiger partial charge in [-0.2, -0.15) is 8.78 Å². The molecule has 0 heterocycles. The number of nitrogens with zero attached hydrogens (tertiary/aromatic N) is 2. The number of carbonyl (C=O) groups excluding carboxylic acids is 1. The Morgan fingerprint density at radius 3 is 2.33 bits per heavy atom. The number of carbonyl (C=O) groups is 1. The third-order valence-corrected chi connectivity index (χ3v) is 4.21. The van der Waals surface area contributed by atoms with Gasteiger partial charge in [-0.1, -0.05) is 23.7 Å². The van der Waals surface area contributed by atoms with E-state index >= 15 is 0 Å². The molecule has 0 aromatic heterocycles. The Bertz CT molecular complexity index is 864. The first kappa shape index (κ1) is 25.9. The Morgan fingerprint density at radius 2 is 1.77 bits per heavy atom. The quantitative estimate of drug-likeness (QED) is 0.308. The van der Waals surface area contributed by atoms with Crippen molar-refractivity contribution in [2.24, 2.45) is 4.99 Å². The largest absolute Gasteiger partial charge is 0.434 e. The number of rotatable bonds is 7. The van der Waals surface area contributed by atoms with Crippen molar-refractivity contribution in [3.63, 3.8) is 0 Å². The van der Waals surface area contributed by atoms with Gasteiger partial charge in [0.25, 0.3) is 5.91 Å². The number of guanidine groups is 1. The van der Waals surface area contributed by atoms with Crippen molar-refractivity contribution >= 4 is 47.4 Å². The zero-order valence-electron chi connectivity index (χ0n) is 16.8. The lowest BCUT2D eigenvalue weighted by Gasteiger charge is -2.15. The molecule has 0 aliphatic heterocycles. The molecule has 2 rings (SSSR count). The molecule has 0 atom stereocenters. The van der Waals surface area contributed by atoms with Crippen molar-refractivity contribution in [1.82, 2.24) is 15.5 Å². The molecule has 1 amide bonds. The highest BCUT2D eigenvalue weighted by molar-refractivity contribution is 14.0. The van der Waals surface area contributed by atoms with Crippen molar-refractivity contribution < 1.29 is 18.3 Å². The summed E-state index contributed by atoms with van der Waals surface area (Å²) in [6.07, 6.45) is 0. The monoisotopic (exact) mass is 552 g/mol. The van der Waals surface area contributed by atoms with Crippen LogP contribution in [0.1, 0.15) is 21.5 Å². The second-order valence-corrected chi connectivity index (χ2v) is 6.74. The van der Waals surface area contributed by atoms with Gasteiger partial charge < -0.3 is 20.3 Å². The number of aliphatic imine (C=N–C) groups is 1. The molecule has 0 unspecified atom stereocenters. The van der Waals surface area contributed by atoms with Crippen LogP contribution in [0, 0.1) is 0 Å². The molecule has 30 heavy (non-hydrogen) atoms. The van der Waals surface area contributed by atoms with Gasteiger partial charge in [-0.25, -0.2) is 0 Å². The lowest BCUT2D eigenvalue weighted by Crippen LogP contribution is -2.36. The van der Waals surface area contributed by atoms with Gasteiger partial charge in [0.05, 0.1) is 0 Å². The zero-order valence-corrected chi connectivity index (χ0v) is 19.9. The average molecular weight is 553 g/mol. The van der Waals surface area contributed by atoms with E-state index in [0.29, 0.717) is 28.7 Å². The molecule has 0 aliphatic rings. The van der Waals surface area contributed by atoms with Gasteiger partial charge in [-0.05, 0) is 35.9 Å². The summed E-state index contributed by atoms with van der Waals surface area (Å²) in [5.41, 5.74) is 2.04. The van der Waals surface area contributed by atoms with E-state index in [9.17, 15) is 13.6 Å². The summed E-state index contributed by atoms with van der Waals surface area (Å²) in [4.78, 5) is 17.5. The highest BCUT2D eigenvalue weighted by Gasteiger charge is 2.11. The molecule has 0 aliphatic carbocycles. The fourth-order valence-corrected chi connectivity index (χ4v) is 2.70. The van der Waals surface area contributed by atoms with Gasteiger partial charge in [0, 0.05) is 50.4 Å². The number of amides is 1. The maximum atomic E-state index is 12.6. The van der Waals surface area contributed by atoms with E-state index in [1.54, 1.807) is 39.3 Å². The molecule has 2 aromatic carbocycles. The normalized spacial score (nSPS) is 11.0. The van der Waals surface area contributed by atoms with Crippen LogP contribution in [0.5, 0.6) is 5.75 Å². The first-order chi connectivity index (χ1) is 13.8. The maximum absolute atomic E-state index is 12.6. The minimum absolute atomic E-state index is 0. The Balaban J connectivity index is 0.00000450. The molecule has 0 radical (unpaired) electrons. The van der Waals surface area contributed by atoms with E-state index in [4.69, 9.17) is 11.6 Å². The average Bonchev–Trinajstić information content (AvgIpc) is 2.69. The Hall–Kier alpha value is -2.14. The fourth-order valence-electron chi connectivity index (χ4n) is 2.51. The van der Waals surface area contributed by atoms with E-state index in [1.165, 1.54) is 17.0 Å². The lowest BCUT2D eigenvalue weighted by molar-refractivity contribution is -0.0504. The van der Waals surface area contributed by atoms with E-state index < -0.39 is 6.61 Å². The van der Waals surface area contributed by atoms with Crippen LogP contribution in [-0.2, 0) is 13.1 Å². The molecule has 164 valence electrons. The Labute approximate surface area is 196 Å². The molecule has 0 spiro atoms. The van der Waals surface area contributed by atoms with Gasteiger partial charge in [-0.15, -0.1) is 24.0 Å². The third kappa shape index (κ3) is 7.94. The van der Waals surface area contributed by atoms with E-state index in [0.717, 1.165) is 5.56 Å². The SMILES string of the molecule is CN=C(NCc1ccc(C(=O)N(C)C)cc1)NCc1cc(Cl)ccc1OC(F)F.I. The molecule has 0 saturated carbocycles. The fraction of sp³-hybridized carbons (Fsp3) is 0.300. The highest BCUT2D eigenvalue weighted by atomic mass is 127. The summed E-state index contributed by atoms with van der Waals surface area (Å²) in [5.74, 6) is 0.459. The van der Waals surface area contributed by atoms with Gasteiger partial charge in [0.2, 0.25) is 0 Å². The Kier molecular flexibility index (Phi) is 10.8. The number of alkyl halides is 2. The van der Waals surface area contributed by atoms with Crippen LogP contribution < -0.4 is 15.4 Å². The van der Waals surface area contributed by atoms with Crippen molar-refractivity contribution in [3.05, 3.63) is 64.2 Å². The van der Waals surface area contributed by atoms with E-state index in [-0.39, 0.29) is 42.2 Å². The topological polar surface area (TPSA) is 66.0 Å². The number of nitrogens with one attached hydrogen (secondary N) is 2. The summed E-state index contributed by atoms with van der Waals surface area (Å²) < 4.78 is 29.6. The van der Waals surface area contributed by atoms with Crippen LogP contribution >= 0.6 is 35.6 Å². The second kappa shape index (κ2) is 12.5. The summed E-state index contributed by atoms with van der Waals surface area (Å²) in [7, 11) is 5.00. The van der Waals surface area contributed by atoms with Crippen LogP contribution in [0.4, 0.5) is 8.78 Å². The van der Waals surface area contributed by atoms with Gasteiger partial charge in [-0.3, -0.25) is 9.79 Å². The van der Waals surface area contributed by atoms with Crippen LogP contribution in [0.2, 0.25) is 5.02 Å². The molecular formula is C20H24ClF2IN4O2. The number of ether oxygens (including phenoxy) is 1. The van der Waals surface area contributed by atoms with Crippen molar-refractivity contribution in [3.8, 4) is 5.75 Å². The summed E-state index contributed by atoms with van der Waals surface area (Å²) in [6.45, 7) is -2.26. The first-order valence-corrected chi connectivity index (χ1v) is 9.16. The van der Waals surface area contributed by atoms with Crippen molar-refractivity contribution in [2.75, 3.05) is 21.1 Å². The number of hydrogen-bond donors (Lipinski definition) is 2. The third-order valence-electron chi connectivity index (χ3n) is 3.98.